The first-order chi connectivity index (χ1) is 12.7. The Bertz CT molecular complexity index is 1140. The summed E-state index contributed by atoms with van der Waals surface area (Å²) in [5.74, 6) is -1.24. The monoisotopic (exact) mass is 441 g/mol. The summed E-state index contributed by atoms with van der Waals surface area (Å²) in [6.45, 7) is 1.66. The minimum Gasteiger partial charge on any atom is -0.477 e. The Morgan fingerprint density at radius 2 is 1.81 bits per heavy atom. The molecule has 27 heavy (non-hydrogen) atoms. The molecule has 2 aromatic carbocycles. The van der Waals surface area contributed by atoms with Crippen molar-refractivity contribution in [1.29, 1.82) is 0 Å². The van der Waals surface area contributed by atoms with E-state index in [4.69, 9.17) is 23.2 Å². The van der Waals surface area contributed by atoms with Crippen LogP contribution in [0.5, 0.6) is 0 Å². The maximum Gasteiger partial charge on any atom is 0.348 e. The molecule has 0 aliphatic carbocycles. The van der Waals surface area contributed by atoms with Crippen molar-refractivity contribution in [2.45, 2.75) is 11.8 Å². The summed E-state index contributed by atoms with van der Waals surface area (Å²) >= 11 is 13.1. The van der Waals surface area contributed by atoms with Crippen LogP contribution in [-0.4, -0.2) is 19.5 Å². The molecule has 3 rings (SSSR count). The molecule has 2 N–H and O–H groups in total. The topological polar surface area (TPSA) is 83.5 Å². The van der Waals surface area contributed by atoms with Gasteiger partial charge in [-0.2, -0.15) is 0 Å². The van der Waals surface area contributed by atoms with Gasteiger partial charge in [-0.05, 0) is 42.8 Å². The van der Waals surface area contributed by atoms with Crippen LogP contribution in [-0.2, 0) is 10.0 Å². The van der Waals surface area contributed by atoms with Crippen molar-refractivity contribution in [1.82, 2.24) is 0 Å². The standard InChI is InChI=1S/C18H13Cl2NO4S2/c1-10-4-2-3-5-16(10)27(24,25)21-14-9-15(26-17(14)18(22)23)12-8-11(19)6-7-13(12)20/h2-9,21H,1H3,(H,22,23). The zero-order valence-corrected chi connectivity index (χ0v) is 17.0. The summed E-state index contributed by atoms with van der Waals surface area (Å²) in [6.07, 6.45) is 0. The highest BCUT2D eigenvalue weighted by Crippen LogP contribution is 2.40. The average Bonchev–Trinajstić information content (AvgIpc) is 3.00. The summed E-state index contributed by atoms with van der Waals surface area (Å²) in [4.78, 5) is 12.1. The number of aromatic carboxylic acids is 1. The van der Waals surface area contributed by atoms with Crippen LogP contribution in [0.15, 0.2) is 53.4 Å². The molecule has 0 saturated carbocycles. The number of carbonyl (C=O) groups is 1. The van der Waals surface area contributed by atoms with E-state index in [2.05, 4.69) is 4.72 Å². The minimum absolute atomic E-state index is 0.0261. The van der Waals surface area contributed by atoms with E-state index in [1.54, 1.807) is 43.3 Å². The predicted octanol–water partition coefficient (Wildman–Crippen LogP) is 5.53. The minimum atomic E-state index is -3.95. The number of sulfonamides is 1. The zero-order chi connectivity index (χ0) is 19.8. The van der Waals surface area contributed by atoms with Crippen LogP contribution >= 0.6 is 34.5 Å². The summed E-state index contributed by atoms with van der Waals surface area (Å²) in [7, 11) is -3.95. The lowest BCUT2D eigenvalue weighted by atomic mass is 10.2. The normalized spacial score (nSPS) is 11.4. The van der Waals surface area contributed by atoms with Crippen LogP contribution in [0.1, 0.15) is 15.2 Å². The van der Waals surface area contributed by atoms with Crippen molar-refractivity contribution in [2.75, 3.05) is 4.72 Å². The molecule has 0 radical (unpaired) electrons. The molecule has 0 bridgehead atoms. The maximum absolute atomic E-state index is 12.7. The van der Waals surface area contributed by atoms with Crippen molar-refractivity contribution >= 4 is 56.2 Å². The fourth-order valence-corrected chi connectivity index (χ4v) is 5.31. The lowest BCUT2D eigenvalue weighted by Crippen LogP contribution is -2.15. The summed E-state index contributed by atoms with van der Waals surface area (Å²) in [5, 5.41) is 10.3. The number of thiophene rings is 1. The van der Waals surface area contributed by atoms with E-state index in [0.29, 0.717) is 26.0 Å². The highest BCUT2D eigenvalue weighted by Gasteiger charge is 2.23. The molecule has 9 heteroatoms. The van der Waals surface area contributed by atoms with Gasteiger partial charge < -0.3 is 5.11 Å². The van der Waals surface area contributed by atoms with Gasteiger partial charge in [-0.15, -0.1) is 11.3 Å². The molecule has 0 aliphatic rings. The molecule has 0 spiro atoms. The number of anilines is 1. The zero-order valence-electron chi connectivity index (χ0n) is 13.9. The quantitative estimate of drug-likeness (QED) is 0.544. The lowest BCUT2D eigenvalue weighted by Gasteiger charge is -2.09. The Hall–Kier alpha value is -2.06. The first kappa shape index (κ1) is 19.7. The summed E-state index contributed by atoms with van der Waals surface area (Å²) < 4.78 is 27.8. The van der Waals surface area contributed by atoms with Crippen LogP contribution in [0.25, 0.3) is 10.4 Å². The van der Waals surface area contributed by atoms with Crippen LogP contribution in [0.2, 0.25) is 10.0 Å². The van der Waals surface area contributed by atoms with Crippen LogP contribution in [0.3, 0.4) is 0 Å². The Labute approximate surface area is 170 Å². The van der Waals surface area contributed by atoms with E-state index in [0.717, 1.165) is 11.3 Å². The van der Waals surface area contributed by atoms with E-state index in [9.17, 15) is 18.3 Å². The second kappa shape index (κ2) is 7.52. The van der Waals surface area contributed by atoms with Gasteiger partial charge in [0.25, 0.3) is 10.0 Å². The largest absolute Gasteiger partial charge is 0.477 e. The predicted molar refractivity (Wildman–Crippen MR) is 109 cm³/mol. The lowest BCUT2D eigenvalue weighted by molar-refractivity contribution is 0.0703. The summed E-state index contributed by atoms with van der Waals surface area (Å²) in [6, 6.07) is 12.7. The molecular formula is C18H13Cl2NO4S2. The number of rotatable bonds is 5. The van der Waals surface area contributed by atoms with Gasteiger partial charge in [0.05, 0.1) is 10.6 Å². The second-order valence-electron chi connectivity index (χ2n) is 5.65. The SMILES string of the molecule is Cc1ccccc1S(=O)(=O)Nc1cc(-c2cc(Cl)ccc2Cl)sc1C(=O)O. The first-order valence-corrected chi connectivity index (χ1v) is 10.7. The van der Waals surface area contributed by atoms with Crippen LogP contribution in [0.4, 0.5) is 5.69 Å². The van der Waals surface area contributed by atoms with Crippen LogP contribution < -0.4 is 4.72 Å². The number of benzene rings is 2. The third-order valence-corrected chi connectivity index (χ3v) is 6.99. The maximum atomic E-state index is 12.7. The molecule has 0 saturated heterocycles. The van der Waals surface area contributed by atoms with Crippen molar-refractivity contribution in [3.8, 4) is 10.4 Å². The third kappa shape index (κ3) is 4.11. The molecule has 5 nitrogen and oxygen atoms in total. The van der Waals surface area contributed by atoms with Crippen LogP contribution in [0, 0.1) is 6.92 Å². The molecule has 0 amide bonds. The van der Waals surface area contributed by atoms with Gasteiger partial charge in [0, 0.05) is 20.5 Å². The number of hydrogen-bond acceptors (Lipinski definition) is 4. The van der Waals surface area contributed by atoms with Gasteiger partial charge in [-0.25, -0.2) is 13.2 Å². The number of nitrogens with one attached hydrogen (secondary N) is 1. The molecule has 3 aromatic rings. The van der Waals surface area contributed by atoms with Crippen molar-refractivity contribution in [3.63, 3.8) is 0 Å². The molecule has 1 heterocycles. The fourth-order valence-electron chi connectivity index (χ4n) is 2.50. The molecule has 0 atom stereocenters. The van der Waals surface area contributed by atoms with Gasteiger partial charge in [-0.3, -0.25) is 4.72 Å². The molecular weight excluding hydrogens is 429 g/mol. The van der Waals surface area contributed by atoms with E-state index >= 15 is 0 Å². The number of aryl methyl sites for hydroxylation is 1. The Balaban J connectivity index is 2.08. The molecule has 140 valence electrons. The Morgan fingerprint density at radius 3 is 2.48 bits per heavy atom. The van der Waals surface area contributed by atoms with Crippen molar-refractivity contribution in [2.24, 2.45) is 0 Å². The number of hydrogen-bond donors (Lipinski definition) is 2. The van der Waals surface area contributed by atoms with E-state index < -0.39 is 16.0 Å². The van der Waals surface area contributed by atoms with Crippen molar-refractivity contribution < 1.29 is 18.3 Å². The van der Waals surface area contributed by atoms with E-state index in [-0.39, 0.29) is 15.5 Å². The van der Waals surface area contributed by atoms with Gasteiger partial charge in [0.2, 0.25) is 0 Å². The third-order valence-electron chi connectivity index (χ3n) is 3.75. The van der Waals surface area contributed by atoms with Gasteiger partial charge in [0.1, 0.15) is 4.88 Å². The second-order valence-corrected chi connectivity index (χ2v) is 9.20. The van der Waals surface area contributed by atoms with Gasteiger partial charge in [0.15, 0.2) is 0 Å². The van der Waals surface area contributed by atoms with Crippen molar-refractivity contribution in [3.05, 3.63) is 69.0 Å². The molecule has 1 aromatic heterocycles. The highest BCUT2D eigenvalue weighted by molar-refractivity contribution is 7.92. The summed E-state index contributed by atoms with van der Waals surface area (Å²) in [5.41, 5.74) is 1.05. The average molecular weight is 442 g/mol. The smallest absolute Gasteiger partial charge is 0.348 e. The highest BCUT2D eigenvalue weighted by atomic mass is 35.5. The molecule has 0 aliphatic heterocycles. The number of carboxylic acid groups (broad SMARTS) is 1. The van der Waals surface area contributed by atoms with E-state index in [1.165, 1.54) is 12.1 Å². The first-order valence-electron chi connectivity index (χ1n) is 7.60. The number of halogens is 2. The van der Waals surface area contributed by atoms with E-state index in [1.807, 2.05) is 0 Å². The fraction of sp³-hybridized carbons (Fsp3) is 0.0556. The van der Waals surface area contributed by atoms with Gasteiger partial charge >= 0.3 is 5.97 Å². The van der Waals surface area contributed by atoms with Gasteiger partial charge in [-0.1, -0.05) is 41.4 Å². The molecule has 0 fully saturated rings. The number of carboxylic acids is 1. The molecule has 0 unspecified atom stereocenters. The Kier molecular flexibility index (Phi) is 5.48. The Morgan fingerprint density at radius 1 is 1.11 bits per heavy atom.